The van der Waals surface area contributed by atoms with Crippen LogP contribution in [-0.2, 0) is 14.3 Å². The Hall–Kier alpha value is -2.86. The third-order valence-electron chi connectivity index (χ3n) is 6.69. The van der Waals surface area contributed by atoms with E-state index in [1.807, 2.05) is 6.92 Å². The number of carbonyl (C=O) groups excluding carboxylic acids is 3. The molecule has 0 unspecified atom stereocenters. The van der Waals surface area contributed by atoms with Crippen molar-refractivity contribution in [1.29, 1.82) is 0 Å². The number of esters is 1. The van der Waals surface area contributed by atoms with Crippen molar-refractivity contribution in [2.24, 2.45) is 23.7 Å². The smallest absolute Gasteiger partial charge is 0.310 e. The summed E-state index contributed by atoms with van der Waals surface area (Å²) in [6.45, 7) is 1.84. The molecule has 2 aromatic carbocycles. The van der Waals surface area contributed by atoms with E-state index in [0.29, 0.717) is 22.0 Å². The largest absolute Gasteiger partial charge is 0.462 e. The van der Waals surface area contributed by atoms with E-state index in [1.165, 1.54) is 0 Å². The Morgan fingerprint density at radius 1 is 1.10 bits per heavy atom. The molecule has 2 aromatic rings. The number of ether oxygens (including phenoxy) is 1. The molecule has 0 aromatic heterocycles. The number of amides is 2. The maximum atomic E-state index is 13.0. The number of nitrogens with one attached hydrogen (secondary N) is 2. The number of rotatable bonds is 4. The Balaban J connectivity index is 1.31. The van der Waals surface area contributed by atoms with E-state index in [1.54, 1.807) is 42.5 Å². The molecular formula is C23H21ClN2O4. The fourth-order valence-electron chi connectivity index (χ4n) is 5.26. The van der Waals surface area contributed by atoms with Gasteiger partial charge < -0.3 is 15.4 Å². The van der Waals surface area contributed by atoms with Crippen LogP contribution in [0.2, 0.25) is 5.02 Å². The molecule has 5 rings (SSSR count). The van der Waals surface area contributed by atoms with E-state index in [4.69, 9.17) is 16.3 Å². The summed E-state index contributed by atoms with van der Waals surface area (Å²) in [6, 6.07) is 12.1. The molecule has 1 saturated heterocycles. The van der Waals surface area contributed by atoms with Gasteiger partial charge in [0, 0.05) is 27.9 Å². The van der Waals surface area contributed by atoms with E-state index in [0.717, 1.165) is 18.4 Å². The Morgan fingerprint density at radius 3 is 2.73 bits per heavy atom. The SMILES string of the molecule is Cc1c(Cl)cccc1NC(=O)c1cccc(NC(=O)[C@@H]2[C@H]3C[C@@H]4[C@@H]2C(=O)O[C@@H]4C3)c1. The summed E-state index contributed by atoms with van der Waals surface area (Å²) in [6.07, 6.45) is 1.64. The van der Waals surface area contributed by atoms with Crippen molar-refractivity contribution < 1.29 is 19.1 Å². The molecule has 5 atom stereocenters. The van der Waals surface area contributed by atoms with Crippen molar-refractivity contribution in [3.05, 3.63) is 58.6 Å². The second kappa shape index (κ2) is 7.13. The van der Waals surface area contributed by atoms with E-state index in [9.17, 15) is 14.4 Å². The summed E-state index contributed by atoms with van der Waals surface area (Å²) < 4.78 is 5.41. The fraction of sp³-hybridized carbons (Fsp3) is 0.348. The number of carbonyl (C=O) groups is 3. The van der Waals surface area contributed by atoms with Crippen molar-refractivity contribution in [1.82, 2.24) is 0 Å². The van der Waals surface area contributed by atoms with Crippen LogP contribution >= 0.6 is 11.6 Å². The third kappa shape index (κ3) is 3.06. The molecule has 2 amide bonds. The van der Waals surface area contributed by atoms with Gasteiger partial charge in [0.15, 0.2) is 0 Å². The highest BCUT2D eigenvalue weighted by Gasteiger charge is 2.63. The lowest BCUT2D eigenvalue weighted by Gasteiger charge is -2.23. The summed E-state index contributed by atoms with van der Waals surface area (Å²) in [5.41, 5.74) is 2.37. The van der Waals surface area contributed by atoms with Gasteiger partial charge >= 0.3 is 5.97 Å². The first kappa shape index (κ1) is 19.1. The standard InChI is InChI=1S/C23H21ClN2O4/c1-11-16(24)6-3-7-17(11)26-21(27)12-4-2-5-14(8-12)25-22(28)19-13-9-15-18(10-13)30-23(29)20(15)19/h2-8,13,15,18-20H,9-10H2,1H3,(H,25,28)(H,26,27)/t13-,15-,18+,19+,20-/m0/s1. The van der Waals surface area contributed by atoms with Crippen LogP contribution in [0.25, 0.3) is 0 Å². The van der Waals surface area contributed by atoms with Crippen LogP contribution in [0.3, 0.4) is 0 Å². The van der Waals surface area contributed by atoms with Gasteiger partial charge in [-0.1, -0.05) is 23.7 Å². The molecule has 30 heavy (non-hydrogen) atoms. The third-order valence-corrected chi connectivity index (χ3v) is 7.10. The number of hydrogen-bond donors (Lipinski definition) is 2. The van der Waals surface area contributed by atoms with E-state index < -0.39 is 0 Å². The maximum Gasteiger partial charge on any atom is 0.310 e. The molecule has 2 bridgehead atoms. The lowest BCUT2D eigenvalue weighted by atomic mass is 9.79. The Kier molecular flexibility index (Phi) is 4.54. The minimum absolute atomic E-state index is 0.00137. The van der Waals surface area contributed by atoms with Crippen LogP contribution < -0.4 is 10.6 Å². The molecule has 3 fully saturated rings. The summed E-state index contributed by atoms with van der Waals surface area (Å²) in [7, 11) is 0. The second-order valence-electron chi connectivity index (χ2n) is 8.36. The van der Waals surface area contributed by atoms with Gasteiger partial charge in [-0.25, -0.2) is 0 Å². The van der Waals surface area contributed by atoms with Crippen LogP contribution in [0.4, 0.5) is 11.4 Å². The van der Waals surface area contributed by atoms with E-state index in [2.05, 4.69) is 10.6 Å². The molecule has 1 aliphatic heterocycles. The predicted octanol–water partition coefficient (Wildman–Crippen LogP) is 4.04. The van der Waals surface area contributed by atoms with Crippen LogP contribution in [0.1, 0.15) is 28.8 Å². The number of halogens is 1. The minimum Gasteiger partial charge on any atom is -0.462 e. The molecule has 0 radical (unpaired) electrons. The van der Waals surface area contributed by atoms with Crippen LogP contribution in [0.5, 0.6) is 0 Å². The fourth-order valence-corrected chi connectivity index (χ4v) is 5.44. The van der Waals surface area contributed by atoms with Crippen molar-refractivity contribution in [3.63, 3.8) is 0 Å². The molecule has 0 spiro atoms. The van der Waals surface area contributed by atoms with Gasteiger partial charge in [-0.05, 0) is 61.6 Å². The zero-order valence-electron chi connectivity index (χ0n) is 16.4. The van der Waals surface area contributed by atoms with E-state index >= 15 is 0 Å². The Morgan fingerprint density at radius 2 is 1.90 bits per heavy atom. The molecule has 6 nitrogen and oxygen atoms in total. The molecule has 2 aliphatic carbocycles. The number of hydrogen-bond acceptors (Lipinski definition) is 4. The quantitative estimate of drug-likeness (QED) is 0.725. The van der Waals surface area contributed by atoms with Crippen molar-refractivity contribution >= 4 is 40.8 Å². The Labute approximate surface area is 178 Å². The normalized spacial score (nSPS) is 28.3. The number of anilines is 2. The van der Waals surface area contributed by atoms with Crippen molar-refractivity contribution in [2.75, 3.05) is 10.6 Å². The highest BCUT2D eigenvalue weighted by Crippen LogP contribution is 2.57. The predicted molar refractivity (Wildman–Crippen MR) is 112 cm³/mol. The molecule has 2 N–H and O–H groups in total. The van der Waals surface area contributed by atoms with Gasteiger partial charge in [-0.2, -0.15) is 0 Å². The topological polar surface area (TPSA) is 84.5 Å². The van der Waals surface area contributed by atoms with Gasteiger partial charge in [-0.3, -0.25) is 14.4 Å². The molecule has 2 saturated carbocycles. The number of benzene rings is 2. The summed E-state index contributed by atoms with van der Waals surface area (Å²) >= 11 is 6.12. The Bertz CT molecular complexity index is 1070. The first-order chi connectivity index (χ1) is 14.4. The highest BCUT2D eigenvalue weighted by atomic mass is 35.5. The maximum absolute atomic E-state index is 13.0. The molecule has 154 valence electrons. The van der Waals surface area contributed by atoms with Gasteiger partial charge in [0.1, 0.15) is 6.10 Å². The number of fused-ring (bicyclic) bond motifs is 1. The molecule has 1 heterocycles. The first-order valence-corrected chi connectivity index (χ1v) is 10.5. The molecule has 3 aliphatic rings. The van der Waals surface area contributed by atoms with Gasteiger partial charge in [0.05, 0.1) is 11.8 Å². The summed E-state index contributed by atoms with van der Waals surface area (Å²) in [5, 5.41) is 6.34. The lowest BCUT2D eigenvalue weighted by molar-refractivity contribution is -0.145. The average Bonchev–Trinajstić information content (AvgIpc) is 3.34. The zero-order chi connectivity index (χ0) is 21.0. The van der Waals surface area contributed by atoms with Gasteiger partial charge in [0.25, 0.3) is 5.91 Å². The van der Waals surface area contributed by atoms with Crippen LogP contribution in [0.15, 0.2) is 42.5 Å². The second-order valence-corrected chi connectivity index (χ2v) is 8.77. The first-order valence-electron chi connectivity index (χ1n) is 10.1. The average molecular weight is 425 g/mol. The molecule has 7 heteroatoms. The van der Waals surface area contributed by atoms with Crippen molar-refractivity contribution in [3.8, 4) is 0 Å². The highest BCUT2D eigenvalue weighted by molar-refractivity contribution is 6.31. The van der Waals surface area contributed by atoms with E-state index in [-0.39, 0.29) is 47.6 Å². The van der Waals surface area contributed by atoms with Gasteiger partial charge in [-0.15, -0.1) is 0 Å². The minimum atomic E-state index is -0.354. The summed E-state index contributed by atoms with van der Waals surface area (Å²) in [5.74, 6) is -1.02. The lowest BCUT2D eigenvalue weighted by Crippen LogP contribution is -2.35. The summed E-state index contributed by atoms with van der Waals surface area (Å²) in [4.78, 5) is 37.8. The zero-order valence-corrected chi connectivity index (χ0v) is 17.1. The monoisotopic (exact) mass is 424 g/mol. The van der Waals surface area contributed by atoms with Gasteiger partial charge in [0.2, 0.25) is 5.91 Å². The van der Waals surface area contributed by atoms with Crippen LogP contribution in [-0.4, -0.2) is 23.9 Å². The van der Waals surface area contributed by atoms with Crippen molar-refractivity contribution in [2.45, 2.75) is 25.9 Å². The molecular weight excluding hydrogens is 404 g/mol. The van der Waals surface area contributed by atoms with Crippen LogP contribution in [0, 0.1) is 30.6 Å².